The van der Waals surface area contributed by atoms with Crippen LogP contribution < -0.4 is 5.32 Å². The van der Waals surface area contributed by atoms with Gasteiger partial charge in [0.1, 0.15) is 0 Å². The first-order valence-corrected chi connectivity index (χ1v) is 8.02. The molecule has 1 fully saturated rings. The minimum atomic E-state index is 0.380. The summed E-state index contributed by atoms with van der Waals surface area (Å²) < 4.78 is 0. The molecule has 2 heteroatoms. The molecule has 0 bridgehead atoms. The summed E-state index contributed by atoms with van der Waals surface area (Å²) in [6.07, 6.45) is 6.62. The normalized spacial score (nSPS) is 22.3. The van der Waals surface area contributed by atoms with Gasteiger partial charge < -0.3 is 5.32 Å². The van der Waals surface area contributed by atoms with Crippen LogP contribution >= 0.6 is 0 Å². The molecule has 1 N–H and O–H groups in total. The van der Waals surface area contributed by atoms with Crippen LogP contribution in [-0.2, 0) is 0 Å². The van der Waals surface area contributed by atoms with E-state index in [0.717, 1.165) is 18.5 Å². The smallest absolute Gasteiger partial charge is 0.0304 e. The molecule has 0 radical (unpaired) electrons. The summed E-state index contributed by atoms with van der Waals surface area (Å²) >= 11 is 0. The van der Waals surface area contributed by atoms with Crippen molar-refractivity contribution in [3.63, 3.8) is 0 Å². The van der Waals surface area contributed by atoms with Crippen molar-refractivity contribution >= 4 is 0 Å². The van der Waals surface area contributed by atoms with Crippen LogP contribution in [0.2, 0.25) is 0 Å². The zero-order chi connectivity index (χ0) is 13.6. The molecule has 1 unspecified atom stereocenters. The monoisotopic (exact) mass is 254 g/mol. The highest BCUT2D eigenvalue weighted by atomic mass is 15.2. The van der Waals surface area contributed by atoms with Gasteiger partial charge in [-0.25, -0.2) is 0 Å². The topological polar surface area (TPSA) is 15.3 Å². The Labute approximate surface area is 115 Å². The van der Waals surface area contributed by atoms with Crippen molar-refractivity contribution in [3.05, 3.63) is 0 Å². The lowest BCUT2D eigenvalue weighted by atomic mass is 9.89. The third kappa shape index (κ3) is 4.55. The van der Waals surface area contributed by atoms with E-state index >= 15 is 0 Å². The number of piperazine rings is 1. The predicted molar refractivity (Wildman–Crippen MR) is 81.0 cm³/mol. The molecule has 0 amide bonds. The van der Waals surface area contributed by atoms with Crippen LogP contribution in [0.25, 0.3) is 0 Å². The van der Waals surface area contributed by atoms with E-state index in [4.69, 9.17) is 0 Å². The van der Waals surface area contributed by atoms with Crippen molar-refractivity contribution in [2.75, 3.05) is 19.6 Å². The van der Waals surface area contributed by atoms with Crippen LogP contribution in [0.3, 0.4) is 0 Å². The van der Waals surface area contributed by atoms with Crippen molar-refractivity contribution in [2.45, 2.75) is 78.3 Å². The number of nitrogens with zero attached hydrogens (tertiary/aromatic N) is 1. The van der Waals surface area contributed by atoms with Crippen molar-refractivity contribution in [3.8, 4) is 0 Å². The molecule has 0 saturated carbocycles. The Morgan fingerprint density at radius 3 is 2.33 bits per heavy atom. The molecule has 1 aliphatic heterocycles. The molecule has 2 nitrogen and oxygen atoms in total. The molecule has 1 rings (SSSR count). The molecule has 1 atom stereocenters. The van der Waals surface area contributed by atoms with E-state index in [9.17, 15) is 0 Å². The quantitative estimate of drug-likeness (QED) is 0.746. The van der Waals surface area contributed by atoms with E-state index in [2.05, 4.69) is 44.8 Å². The minimum absolute atomic E-state index is 0.380. The van der Waals surface area contributed by atoms with Gasteiger partial charge in [-0.2, -0.15) is 0 Å². The third-order valence-corrected chi connectivity index (χ3v) is 4.79. The van der Waals surface area contributed by atoms with Crippen LogP contribution in [0, 0.1) is 5.92 Å². The van der Waals surface area contributed by atoms with Gasteiger partial charge in [0.05, 0.1) is 0 Å². The lowest BCUT2D eigenvalue weighted by Gasteiger charge is -2.45. The first kappa shape index (κ1) is 16.0. The maximum Gasteiger partial charge on any atom is 0.0304 e. The van der Waals surface area contributed by atoms with E-state index < -0.39 is 0 Å². The summed E-state index contributed by atoms with van der Waals surface area (Å²) in [5, 5.41) is 3.75. The molecule has 1 heterocycles. The molecule has 108 valence electrons. The Morgan fingerprint density at radius 1 is 1.11 bits per heavy atom. The van der Waals surface area contributed by atoms with Crippen LogP contribution in [0.15, 0.2) is 0 Å². The van der Waals surface area contributed by atoms with Crippen LogP contribution in [0.4, 0.5) is 0 Å². The molecule has 18 heavy (non-hydrogen) atoms. The lowest BCUT2D eigenvalue weighted by Crippen LogP contribution is -2.61. The Kier molecular flexibility index (Phi) is 6.65. The molecule has 0 aromatic rings. The van der Waals surface area contributed by atoms with Gasteiger partial charge in [0.2, 0.25) is 0 Å². The summed E-state index contributed by atoms with van der Waals surface area (Å²) in [6.45, 7) is 15.3. The first-order valence-electron chi connectivity index (χ1n) is 8.02. The summed E-state index contributed by atoms with van der Waals surface area (Å²) in [7, 11) is 0. The third-order valence-electron chi connectivity index (χ3n) is 4.79. The largest absolute Gasteiger partial charge is 0.309 e. The van der Waals surface area contributed by atoms with Gasteiger partial charge in [-0.05, 0) is 32.1 Å². The number of hydrogen-bond acceptors (Lipinski definition) is 2. The minimum Gasteiger partial charge on any atom is -0.309 e. The highest BCUT2D eigenvalue weighted by Gasteiger charge is 2.33. The average Bonchev–Trinajstić information content (AvgIpc) is 2.38. The standard InChI is InChI=1S/C16H34N2/c1-6-16(7-2)13-18(12-11-17-16)15(5)10-8-9-14(3)4/h14-15,17H,6-13H2,1-5H3. The maximum absolute atomic E-state index is 3.75. The van der Waals surface area contributed by atoms with E-state index in [0.29, 0.717) is 5.54 Å². The molecule has 0 aromatic heterocycles. The van der Waals surface area contributed by atoms with Crippen LogP contribution in [-0.4, -0.2) is 36.1 Å². The molecule has 1 aliphatic rings. The van der Waals surface area contributed by atoms with Crippen LogP contribution in [0.1, 0.15) is 66.7 Å². The fraction of sp³-hybridized carbons (Fsp3) is 1.00. The number of hydrogen-bond donors (Lipinski definition) is 1. The van der Waals surface area contributed by atoms with Crippen molar-refractivity contribution in [2.24, 2.45) is 5.92 Å². The van der Waals surface area contributed by atoms with Crippen molar-refractivity contribution < 1.29 is 0 Å². The van der Waals surface area contributed by atoms with E-state index in [1.807, 2.05) is 0 Å². The van der Waals surface area contributed by atoms with Gasteiger partial charge in [0, 0.05) is 31.2 Å². The fourth-order valence-electron chi connectivity index (χ4n) is 3.09. The van der Waals surface area contributed by atoms with Crippen LogP contribution in [0.5, 0.6) is 0 Å². The Morgan fingerprint density at radius 2 is 1.78 bits per heavy atom. The van der Waals surface area contributed by atoms with Gasteiger partial charge in [-0.1, -0.05) is 40.5 Å². The summed E-state index contributed by atoms with van der Waals surface area (Å²) in [5.41, 5.74) is 0.380. The SMILES string of the molecule is CCC1(CC)CN(C(C)CCCC(C)C)CCN1. The predicted octanol–water partition coefficient (Wildman–Crippen LogP) is 3.67. The van der Waals surface area contributed by atoms with Gasteiger partial charge in [0.25, 0.3) is 0 Å². The summed E-state index contributed by atoms with van der Waals surface area (Å²) in [5.74, 6) is 0.852. The van der Waals surface area contributed by atoms with Gasteiger partial charge >= 0.3 is 0 Å². The number of nitrogens with one attached hydrogen (secondary N) is 1. The molecule has 0 spiro atoms. The molecule has 0 aromatic carbocycles. The average molecular weight is 254 g/mol. The van der Waals surface area contributed by atoms with E-state index in [1.54, 1.807) is 0 Å². The second-order valence-corrected chi connectivity index (χ2v) is 6.56. The molecule has 0 aliphatic carbocycles. The van der Waals surface area contributed by atoms with Crippen molar-refractivity contribution in [1.29, 1.82) is 0 Å². The fourth-order valence-corrected chi connectivity index (χ4v) is 3.09. The Balaban J connectivity index is 2.40. The Hall–Kier alpha value is -0.0800. The highest BCUT2D eigenvalue weighted by Crippen LogP contribution is 2.23. The second kappa shape index (κ2) is 7.49. The molecular formula is C16H34N2. The zero-order valence-corrected chi connectivity index (χ0v) is 13.3. The molecular weight excluding hydrogens is 220 g/mol. The second-order valence-electron chi connectivity index (χ2n) is 6.56. The summed E-state index contributed by atoms with van der Waals surface area (Å²) in [4.78, 5) is 2.71. The van der Waals surface area contributed by atoms with Gasteiger partial charge in [-0.15, -0.1) is 0 Å². The summed E-state index contributed by atoms with van der Waals surface area (Å²) in [6, 6.07) is 0.753. The van der Waals surface area contributed by atoms with Gasteiger partial charge in [-0.3, -0.25) is 4.90 Å². The number of rotatable bonds is 7. The van der Waals surface area contributed by atoms with Gasteiger partial charge in [0.15, 0.2) is 0 Å². The molecule has 1 saturated heterocycles. The first-order chi connectivity index (χ1) is 8.53. The highest BCUT2D eigenvalue weighted by molar-refractivity contribution is 4.93. The Bertz CT molecular complexity index is 221. The maximum atomic E-state index is 3.75. The zero-order valence-electron chi connectivity index (χ0n) is 13.3. The van der Waals surface area contributed by atoms with Crippen molar-refractivity contribution in [1.82, 2.24) is 10.2 Å². The van der Waals surface area contributed by atoms with E-state index in [1.165, 1.54) is 45.2 Å². The van der Waals surface area contributed by atoms with E-state index in [-0.39, 0.29) is 0 Å². The lowest BCUT2D eigenvalue weighted by molar-refractivity contribution is 0.0871.